The fourth-order valence-electron chi connectivity index (χ4n) is 2.19. The summed E-state index contributed by atoms with van der Waals surface area (Å²) in [6.07, 6.45) is -1.08. The maximum atomic E-state index is 12.4. The zero-order valence-electron chi connectivity index (χ0n) is 15.3. The molecule has 27 heavy (non-hydrogen) atoms. The van der Waals surface area contributed by atoms with Crippen LogP contribution in [0.4, 0.5) is 0 Å². The largest absolute Gasteiger partial charge is 0.481 e. The van der Waals surface area contributed by atoms with Crippen LogP contribution in [0.25, 0.3) is 0 Å². The number of rotatable bonds is 13. The molecule has 0 aliphatic carbocycles. The number of nitrogens with two attached hydrogens (primary N) is 1. The molecule has 0 aromatic heterocycles. The lowest BCUT2D eigenvalue weighted by atomic mass is 10.0. The molecule has 0 aliphatic rings. The van der Waals surface area contributed by atoms with Gasteiger partial charge in [-0.3, -0.25) is 19.2 Å². The number of aliphatic carboxylic acids is 3. The Hall–Kier alpha value is -2.69. The van der Waals surface area contributed by atoms with Crippen LogP contribution in [0, 0.1) is 5.92 Å². The number of carboxylic acid groups (broad SMARTS) is 3. The second-order valence-electron chi connectivity index (χ2n) is 6.56. The first-order valence-corrected chi connectivity index (χ1v) is 8.46. The van der Waals surface area contributed by atoms with Crippen LogP contribution in [0.1, 0.15) is 46.0 Å². The van der Waals surface area contributed by atoms with Crippen LogP contribution in [0.15, 0.2) is 0 Å². The van der Waals surface area contributed by atoms with Crippen molar-refractivity contribution in [2.75, 3.05) is 0 Å². The lowest BCUT2D eigenvalue weighted by molar-refractivity contribution is -0.143. The smallest absolute Gasteiger partial charge is 0.326 e. The Morgan fingerprint density at radius 3 is 1.74 bits per heavy atom. The maximum Gasteiger partial charge on any atom is 0.326 e. The zero-order chi connectivity index (χ0) is 21.1. The first kappa shape index (κ1) is 24.3. The van der Waals surface area contributed by atoms with E-state index >= 15 is 0 Å². The fourth-order valence-corrected chi connectivity index (χ4v) is 2.19. The van der Waals surface area contributed by atoms with Crippen LogP contribution in [0.5, 0.6) is 0 Å². The van der Waals surface area contributed by atoms with Crippen molar-refractivity contribution in [1.29, 1.82) is 0 Å². The van der Waals surface area contributed by atoms with Gasteiger partial charge < -0.3 is 31.7 Å². The van der Waals surface area contributed by atoms with Crippen molar-refractivity contribution in [3.05, 3.63) is 0 Å². The van der Waals surface area contributed by atoms with E-state index in [1.54, 1.807) is 13.8 Å². The summed E-state index contributed by atoms with van der Waals surface area (Å²) < 4.78 is 0. The van der Waals surface area contributed by atoms with E-state index in [-0.39, 0.29) is 31.6 Å². The Bertz CT molecular complexity index is 564. The number of carbonyl (C=O) groups excluding carboxylic acids is 2. The summed E-state index contributed by atoms with van der Waals surface area (Å²) in [6, 6.07) is -3.70. The van der Waals surface area contributed by atoms with E-state index in [1.807, 2.05) is 0 Å². The summed E-state index contributed by atoms with van der Waals surface area (Å²) in [5, 5.41) is 31.1. The Kier molecular flexibility index (Phi) is 10.7. The molecule has 0 aliphatic heterocycles. The molecule has 3 atom stereocenters. The van der Waals surface area contributed by atoms with Gasteiger partial charge in [0, 0.05) is 12.8 Å². The molecule has 0 saturated heterocycles. The molecule has 11 heteroatoms. The van der Waals surface area contributed by atoms with Gasteiger partial charge in [0.15, 0.2) is 0 Å². The van der Waals surface area contributed by atoms with E-state index in [0.717, 1.165) is 0 Å². The molecule has 154 valence electrons. The molecule has 0 saturated carbocycles. The molecule has 11 nitrogen and oxygen atoms in total. The van der Waals surface area contributed by atoms with E-state index in [0.29, 0.717) is 0 Å². The average molecular weight is 389 g/mol. The first-order chi connectivity index (χ1) is 12.4. The highest BCUT2D eigenvalue weighted by Crippen LogP contribution is 2.07. The van der Waals surface area contributed by atoms with E-state index in [2.05, 4.69) is 10.6 Å². The molecule has 0 heterocycles. The predicted octanol–water partition coefficient (Wildman–Crippen LogP) is -0.856. The molecule has 0 fully saturated rings. The molecule has 0 spiro atoms. The van der Waals surface area contributed by atoms with E-state index in [1.165, 1.54) is 0 Å². The van der Waals surface area contributed by atoms with Crippen molar-refractivity contribution in [2.45, 2.75) is 64.1 Å². The number of nitrogens with one attached hydrogen (secondary N) is 2. The lowest BCUT2D eigenvalue weighted by Crippen LogP contribution is -2.54. The SMILES string of the molecule is CC(C)CC(NC(=O)C(CCC(=O)O)NC(=O)C(N)CCC(=O)O)C(=O)O. The van der Waals surface area contributed by atoms with E-state index < -0.39 is 54.3 Å². The normalized spacial score (nSPS) is 14.1. The van der Waals surface area contributed by atoms with Crippen LogP contribution < -0.4 is 16.4 Å². The molecule has 0 aromatic rings. The van der Waals surface area contributed by atoms with Gasteiger partial charge in [0.2, 0.25) is 11.8 Å². The quantitative estimate of drug-likeness (QED) is 0.232. The van der Waals surface area contributed by atoms with E-state index in [4.69, 9.17) is 15.9 Å². The van der Waals surface area contributed by atoms with Crippen molar-refractivity contribution >= 4 is 29.7 Å². The summed E-state index contributed by atoms with van der Waals surface area (Å²) in [5.74, 6) is -5.28. The Labute approximate surface area is 156 Å². The molecule has 0 rings (SSSR count). The lowest BCUT2D eigenvalue weighted by Gasteiger charge is -2.23. The Morgan fingerprint density at radius 1 is 0.815 bits per heavy atom. The summed E-state index contributed by atoms with van der Waals surface area (Å²) in [5.41, 5.74) is 5.57. The molecule has 0 bridgehead atoms. The van der Waals surface area contributed by atoms with Gasteiger partial charge in [-0.25, -0.2) is 4.79 Å². The molecule has 7 N–H and O–H groups in total. The van der Waals surface area contributed by atoms with Gasteiger partial charge in [-0.05, 0) is 25.2 Å². The molecule has 0 radical (unpaired) electrons. The standard InChI is InChI=1S/C16H27N3O8/c1-8(2)7-11(16(26)27)19-15(25)10(4-6-13(22)23)18-14(24)9(17)3-5-12(20)21/h8-11H,3-7,17H2,1-2H3,(H,18,24)(H,19,25)(H,20,21)(H,22,23)(H,26,27). The second kappa shape index (κ2) is 11.8. The molecule has 2 amide bonds. The Balaban J connectivity index is 5.07. The minimum Gasteiger partial charge on any atom is -0.481 e. The van der Waals surface area contributed by atoms with Gasteiger partial charge in [-0.15, -0.1) is 0 Å². The van der Waals surface area contributed by atoms with Crippen molar-refractivity contribution in [2.24, 2.45) is 11.7 Å². The highest BCUT2D eigenvalue weighted by molar-refractivity contribution is 5.92. The third kappa shape index (κ3) is 10.8. The molecular formula is C16H27N3O8. The zero-order valence-corrected chi connectivity index (χ0v) is 15.3. The van der Waals surface area contributed by atoms with Crippen molar-refractivity contribution in [1.82, 2.24) is 10.6 Å². The minimum atomic E-state index is -1.31. The highest BCUT2D eigenvalue weighted by Gasteiger charge is 2.28. The second-order valence-corrected chi connectivity index (χ2v) is 6.56. The number of amides is 2. The van der Waals surface area contributed by atoms with Gasteiger partial charge in [0.1, 0.15) is 12.1 Å². The maximum absolute atomic E-state index is 12.4. The molecule has 0 aromatic carbocycles. The number of hydrogen-bond donors (Lipinski definition) is 6. The van der Waals surface area contributed by atoms with Crippen LogP contribution in [0.3, 0.4) is 0 Å². The third-order valence-electron chi connectivity index (χ3n) is 3.61. The molecular weight excluding hydrogens is 362 g/mol. The van der Waals surface area contributed by atoms with Crippen molar-refractivity contribution in [3.63, 3.8) is 0 Å². The van der Waals surface area contributed by atoms with E-state index in [9.17, 15) is 29.1 Å². The van der Waals surface area contributed by atoms with Crippen molar-refractivity contribution in [3.8, 4) is 0 Å². The predicted molar refractivity (Wildman–Crippen MR) is 92.7 cm³/mol. The first-order valence-electron chi connectivity index (χ1n) is 8.46. The summed E-state index contributed by atoms with van der Waals surface area (Å²) in [7, 11) is 0. The fraction of sp³-hybridized carbons (Fsp3) is 0.688. The molecule has 3 unspecified atom stereocenters. The van der Waals surface area contributed by atoms with Gasteiger partial charge in [0.05, 0.1) is 6.04 Å². The summed E-state index contributed by atoms with van der Waals surface area (Å²) in [4.78, 5) is 57.0. The van der Waals surface area contributed by atoms with Gasteiger partial charge >= 0.3 is 17.9 Å². The summed E-state index contributed by atoms with van der Waals surface area (Å²) in [6.45, 7) is 3.54. The monoisotopic (exact) mass is 389 g/mol. The van der Waals surface area contributed by atoms with Crippen molar-refractivity contribution < 1.29 is 39.3 Å². The van der Waals surface area contributed by atoms with Gasteiger partial charge in [0.25, 0.3) is 0 Å². The number of carboxylic acids is 3. The van der Waals surface area contributed by atoms with Gasteiger partial charge in [-0.1, -0.05) is 13.8 Å². The Morgan fingerprint density at radius 2 is 1.30 bits per heavy atom. The highest BCUT2D eigenvalue weighted by atomic mass is 16.4. The summed E-state index contributed by atoms with van der Waals surface area (Å²) >= 11 is 0. The third-order valence-corrected chi connectivity index (χ3v) is 3.61. The van der Waals surface area contributed by atoms with Crippen LogP contribution in [-0.2, 0) is 24.0 Å². The van der Waals surface area contributed by atoms with Crippen LogP contribution in [-0.4, -0.2) is 63.2 Å². The average Bonchev–Trinajstić information content (AvgIpc) is 2.54. The number of carbonyl (C=O) groups is 5. The van der Waals surface area contributed by atoms with Gasteiger partial charge in [-0.2, -0.15) is 0 Å². The van der Waals surface area contributed by atoms with Crippen LogP contribution >= 0.6 is 0 Å². The van der Waals surface area contributed by atoms with Crippen LogP contribution in [0.2, 0.25) is 0 Å². The number of hydrogen-bond acceptors (Lipinski definition) is 6. The topological polar surface area (TPSA) is 196 Å². The minimum absolute atomic E-state index is 0.0251.